The molecule has 0 radical (unpaired) electrons. The third-order valence-electron chi connectivity index (χ3n) is 7.04. The SMILES string of the molecule is Cc1nn(C2CCN(C)CC2)cc1Nc1ncc(C2CC2)c(NCCCN2CCCOC2)n1. The number of nitrogens with zero attached hydrogens (tertiary/aromatic N) is 6. The highest BCUT2D eigenvalue weighted by atomic mass is 16.5. The average molecular weight is 455 g/mol. The molecule has 0 atom stereocenters. The maximum absolute atomic E-state index is 5.55. The van der Waals surface area contributed by atoms with Gasteiger partial charge in [-0.25, -0.2) is 4.98 Å². The fraction of sp³-hybridized carbons (Fsp3) is 0.708. The third kappa shape index (κ3) is 5.83. The van der Waals surface area contributed by atoms with Crippen LogP contribution in [0.25, 0.3) is 0 Å². The van der Waals surface area contributed by atoms with Gasteiger partial charge in [0, 0.05) is 44.2 Å². The van der Waals surface area contributed by atoms with Gasteiger partial charge in [-0.3, -0.25) is 9.58 Å². The van der Waals surface area contributed by atoms with E-state index in [1.165, 1.54) is 18.4 Å². The summed E-state index contributed by atoms with van der Waals surface area (Å²) in [6.45, 7) is 9.05. The van der Waals surface area contributed by atoms with Crippen molar-refractivity contribution in [2.75, 3.05) is 63.7 Å². The van der Waals surface area contributed by atoms with Crippen molar-refractivity contribution in [2.45, 2.75) is 57.4 Å². The van der Waals surface area contributed by atoms with Crippen molar-refractivity contribution in [3.63, 3.8) is 0 Å². The summed E-state index contributed by atoms with van der Waals surface area (Å²) < 4.78 is 7.68. The van der Waals surface area contributed by atoms with E-state index in [4.69, 9.17) is 14.8 Å². The van der Waals surface area contributed by atoms with Crippen LogP contribution in [-0.4, -0.2) is 82.7 Å². The predicted molar refractivity (Wildman–Crippen MR) is 130 cm³/mol. The van der Waals surface area contributed by atoms with E-state index in [1.54, 1.807) is 0 Å². The van der Waals surface area contributed by atoms with Crippen LogP contribution in [0.1, 0.15) is 61.7 Å². The molecule has 4 heterocycles. The molecule has 0 bridgehead atoms. The van der Waals surface area contributed by atoms with Gasteiger partial charge in [0.05, 0.1) is 24.2 Å². The Labute approximate surface area is 196 Å². The second kappa shape index (κ2) is 10.4. The van der Waals surface area contributed by atoms with Crippen molar-refractivity contribution in [1.29, 1.82) is 0 Å². The lowest BCUT2D eigenvalue weighted by molar-refractivity contribution is -0.0131. The first-order chi connectivity index (χ1) is 16.2. The molecule has 2 N–H and O–H groups in total. The summed E-state index contributed by atoms with van der Waals surface area (Å²) >= 11 is 0. The van der Waals surface area contributed by atoms with Gasteiger partial charge in [-0.15, -0.1) is 0 Å². The van der Waals surface area contributed by atoms with E-state index in [1.807, 2.05) is 6.20 Å². The van der Waals surface area contributed by atoms with Crippen LogP contribution in [0.2, 0.25) is 0 Å². The predicted octanol–water partition coefficient (Wildman–Crippen LogP) is 3.35. The number of aromatic nitrogens is 4. The van der Waals surface area contributed by atoms with Crippen molar-refractivity contribution in [1.82, 2.24) is 29.5 Å². The van der Waals surface area contributed by atoms with Crippen molar-refractivity contribution < 1.29 is 4.74 Å². The smallest absolute Gasteiger partial charge is 0.229 e. The van der Waals surface area contributed by atoms with Gasteiger partial charge >= 0.3 is 0 Å². The summed E-state index contributed by atoms with van der Waals surface area (Å²) in [7, 11) is 2.19. The number of piperidine rings is 1. The monoisotopic (exact) mass is 454 g/mol. The zero-order valence-corrected chi connectivity index (χ0v) is 20.1. The Morgan fingerprint density at radius 3 is 2.76 bits per heavy atom. The first-order valence-corrected chi connectivity index (χ1v) is 12.6. The molecule has 9 heteroatoms. The molecule has 180 valence electrons. The van der Waals surface area contributed by atoms with Gasteiger partial charge in [-0.1, -0.05) is 0 Å². The standard InChI is InChI=1S/C24H38N8O/c1-18-22(16-32(29-18)20-7-12-30(2)13-8-20)27-24-26-15-21(19-5-6-19)23(28-24)25-9-3-10-31-11-4-14-33-17-31/h15-16,19-20H,3-14,17H2,1-2H3,(H2,25,26,27,28). The largest absolute Gasteiger partial charge is 0.370 e. The highest BCUT2D eigenvalue weighted by Gasteiger charge is 2.28. The number of hydrogen-bond acceptors (Lipinski definition) is 8. The molecule has 2 saturated heterocycles. The number of aryl methyl sites for hydroxylation is 1. The Balaban J connectivity index is 1.21. The Hall–Kier alpha value is -2.23. The molecule has 5 rings (SSSR count). The summed E-state index contributed by atoms with van der Waals surface area (Å²) in [5, 5.41) is 11.8. The summed E-state index contributed by atoms with van der Waals surface area (Å²) in [4.78, 5) is 14.3. The van der Waals surface area contributed by atoms with E-state index in [0.717, 1.165) is 88.9 Å². The molecule has 33 heavy (non-hydrogen) atoms. The van der Waals surface area contributed by atoms with Gasteiger partial charge in [-0.2, -0.15) is 10.1 Å². The molecule has 1 saturated carbocycles. The molecule has 2 aromatic heterocycles. The maximum Gasteiger partial charge on any atom is 0.229 e. The lowest BCUT2D eigenvalue weighted by Gasteiger charge is -2.28. The summed E-state index contributed by atoms with van der Waals surface area (Å²) in [6.07, 6.45) is 11.1. The Morgan fingerprint density at radius 1 is 1.15 bits per heavy atom. The molecule has 3 fully saturated rings. The molecule has 0 unspecified atom stereocenters. The minimum Gasteiger partial charge on any atom is -0.370 e. The van der Waals surface area contributed by atoms with E-state index in [0.29, 0.717) is 17.9 Å². The van der Waals surface area contributed by atoms with E-state index in [-0.39, 0.29) is 0 Å². The van der Waals surface area contributed by atoms with Crippen molar-refractivity contribution in [2.24, 2.45) is 0 Å². The molecule has 1 aliphatic carbocycles. The zero-order valence-electron chi connectivity index (χ0n) is 20.1. The van der Waals surface area contributed by atoms with Crippen molar-refractivity contribution in [3.8, 4) is 0 Å². The quantitative estimate of drug-likeness (QED) is 0.558. The van der Waals surface area contributed by atoms with Gasteiger partial charge in [0.1, 0.15) is 5.82 Å². The highest BCUT2D eigenvalue weighted by molar-refractivity contribution is 5.58. The molecule has 9 nitrogen and oxygen atoms in total. The molecular weight excluding hydrogens is 416 g/mol. The topological polar surface area (TPSA) is 83.4 Å². The molecule has 0 amide bonds. The van der Waals surface area contributed by atoms with E-state index in [9.17, 15) is 0 Å². The van der Waals surface area contributed by atoms with Gasteiger partial charge in [0.2, 0.25) is 5.95 Å². The maximum atomic E-state index is 5.55. The minimum absolute atomic E-state index is 0.469. The van der Waals surface area contributed by atoms with Crippen LogP contribution in [0.3, 0.4) is 0 Å². The zero-order chi connectivity index (χ0) is 22.6. The van der Waals surface area contributed by atoms with E-state index >= 15 is 0 Å². The van der Waals surface area contributed by atoms with Crippen molar-refractivity contribution >= 4 is 17.5 Å². The molecular formula is C24H38N8O. The van der Waals surface area contributed by atoms with Crippen LogP contribution in [0.5, 0.6) is 0 Å². The summed E-state index contributed by atoms with van der Waals surface area (Å²) in [6, 6.07) is 0.469. The Morgan fingerprint density at radius 2 is 2.00 bits per heavy atom. The van der Waals surface area contributed by atoms with Crippen LogP contribution < -0.4 is 10.6 Å². The number of ether oxygens (including phenoxy) is 1. The average Bonchev–Trinajstić information content (AvgIpc) is 3.61. The first-order valence-electron chi connectivity index (χ1n) is 12.6. The lowest BCUT2D eigenvalue weighted by Crippen LogP contribution is -2.34. The molecule has 2 aromatic rings. The first kappa shape index (κ1) is 22.6. The second-order valence-corrected chi connectivity index (χ2v) is 9.83. The molecule has 0 aromatic carbocycles. The molecule has 3 aliphatic rings. The normalized spacial score (nSPS) is 20.8. The van der Waals surface area contributed by atoms with E-state index < -0.39 is 0 Å². The number of anilines is 3. The van der Waals surface area contributed by atoms with Gasteiger partial charge in [-0.05, 0) is 71.5 Å². The minimum atomic E-state index is 0.469. The highest BCUT2D eigenvalue weighted by Crippen LogP contribution is 2.42. The Bertz CT molecular complexity index is 913. The summed E-state index contributed by atoms with van der Waals surface area (Å²) in [5.74, 6) is 2.22. The van der Waals surface area contributed by atoms with Crippen LogP contribution in [0, 0.1) is 6.92 Å². The fourth-order valence-electron chi connectivity index (χ4n) is 4.79. The van der Waals surface area contributed by atoms with Gasteiger partial charge in [0.15, 0.2) is 0 Å². The van der Waals surface area contributed by atoms with Gasteiger partial charge < -0.3 is 20.3 Å². The van der Waals surface area contributed by atoms with Crippen molar-refractivity contribution in [3.05, 3.63) is 23.7 Å². The lowest BCUT2D eigenvalue weighted by atomic mass is 10.1. The molecule has 2 aliphatic heterocycles. The third-order valence-corrected chi connectivity index (χ3v) is 7.04. The second-order valence-electron chi connectivity index (χ2n) is 9.83. The number of nitrogens with one attached hydrogen (secondary N) is 2. The fourth-order valence-corrected chi connectivity index (χ4v) is 4.79. The molecule has 0 spiro atoms. The van der Waals surface area contributed by atoms with Crippen LogP contribution in [-0.2, 0) is 4.74 Å². The number of likely N-dealkylation sites (tertiary alicyclic amines) is 1. The van der Waals surface area contributed by atoms with Gasteiger partial charge in [0.25, 0.3) is 0 Å². The summed E-state index contributed by atoms with van der Waals surface area (Å²) in [5.41, 5.74) is 3.23. The van der Waals surface area contributed by atoms with Crippen LogP contribution >= 0.6 is 0 Å². The van der Waals surface area contributed by atoms with E-state index in [2.05, 4.69) is 50.3 Å². The number of rotatable bonds is 9. The van der Waals surface area contributed by atoms with Crippen LogP contribution in [0.4, 0.5) is 17.5 Å². The van der Waals surface area contributed by atoms with Crippen LogP contribution in [0.15, 0.2) is 12.4 Å². The number of hydrogen-bond donors (Lipinski definition) is 2. The Kier molecular flexibility index (Phi) is 7.08.